The quantitative estimate of drug-likeness (QED) is 0.476. The van der Waals surface area contributed by atoms with Crippen molar-refractivity contribution in [2.45, 2.75) is 13.3 Å². The number of rotatable bonds is 6. The summed E-state index contributed by atoms with van der Waals surface area (Å²) in [6, 6.07) is 12.3. The average Bonchev–Trinajstić information content (AvgIpc) is 3.00. The van der Waals surface area contributed by atoms with Gasteiger partial charge >= 0.3 is 0 Å². The molecule has 0 atom stereocenters. The van der Waals surface area contributed by atoms with Crippen molar-refractivity contribution in [3.8, 4) is 22.9 Å². The maximum Gasteiger partial charge on any atom is 0.216 e. The largest absolute Gasteiger partial charge is 0.507 e. The lowest BCUT2D eigenvalue weighted by atomic mass is 10.2. The highest BCUT2D eigenvalue weighted by Gasteiger charge is 2.11. The molecule has 2 aromatic carbocycles. The van der Waals surface area contributed by atoms with Crippen LogP contribution in [0.2, 0.25) is 5.02 Å². The first-order valence-corrected chi connectivity index (χ1v) is 8.81. The molecule has 0 aliphatic heterocycles. The van der Waals surface area contributed by atoms with Gasteiger partial charge in [0.1, 0.15) is 11.5 Å². The van der Waals surface area contributed by atoms with Gasteiger partial charge in [-0.1, -0.05) is 30.7 Å². The lowest BCUT2D eigenvalue weighted by molar-refractivity contribution is 0.315. The van der Waals surface area contributed by atoms with E-state index in [1.807, 2.05) is 25.1 Å². The van der Waals surface area contributed by atoms with Crippen LogP contribution in [0, 0.1) is 4.77 Å². The van der Waals surface area contributed by atoms with Gasteiger partial charge in [0.15, 0.2) is 5.82 Å². The number of phenolic OH excluding ortho intramolecular Hbond substituents is 1. The summed E-state index contributed by atoms with van der Waals surface area (Å²) in [7, 11) is 0. The molecule has 3 rings (SSSR count). The molecule has 26 heavy (non-hydrogen) atoms. The molecule has 0 saturated heterocycles. The lowest BCUT2D eigenvalue weighted by Crippen LogP contribution is -1.97. The molecule has 0 aliphatic rings. The van der Waals surface area contributed by atoms with Gasteiger partial charge in [-0.2, -0.15) is 14.9 Å². The molecule has 2 N–H and O–H groups in total. The van der Waals surface area contributed by atoms with Gasteiger partial charge in [-0.3, -0.25) is 0 Å². The van der Waals surface area contributed by atoms with Gasteiger partial charge in [0.25, 0.3) is 0 Å². The van der Waals surface area contributed by atoms with Crippen molar-refractivity contribution in [2.75, 3.05) is 6.61 Å². The predicted octanol–water partition coefficient (Wildman–Crippen LogP) is 4.64. The Labute approximate surface area is 160 Å². The molecular formula is C18H17ClN4O2S. The summed E-state index contributed by atoms with van der Waals surface area (Å²) in [4.78, 5) is 0. The Morgan fingerprint density at radius 3 is 2.88 bits per heavy atom. The van der Waals surface area contributed by atoms with Gasteiger partial charge in [-0.05, 0) is 42.9 Å². The molecule has 0 aliphatic carbocycles. The van der Waals surface area contributed by atoms with Crippen molar-refractivity contribution in [2.24, 2.45) is 5.10 Å². The van der Waals surface area contributed by atoms with Crippen molar-refractivity contribution in [1.82, 2.24) is 14.9 Å². The number of aromatic amines is 1. The maximum atomic E-state index is 10.2. The van der Waals surface area contributed by atoms with E-state index in [2.05, 4.69) is 15.3 Å². The van der Waals surface area contributed by atoms with E-state index in [9.17, 15) is 5.11 Å². The van der Waals surface area contributed by atoms with Gasteiger partial charge in [0.05, 0.1) is 17.8 Å². The zero-order valence-corrected chi connectivity index (χ0v) is 15.6. The molecular weight excluding hydrogens is 372 g/mol. The van der Waals surface area contributed by atoms with E-state index in [-0.39, 0.29) is 5.75 Å². The second kappa shape index (κ2) is 8.16. The first-order chi connectivity index (χ1) is 12.6. The maximum absolute atomic E-state index is 10.2. The van der Waals surface area contributed by atoms with Crippen LogP contribution in [0.1, 0.15) is 18.9 Å². The first kappa shape index (κ1) is 18.2. The number of phenols is 1. The summed E-state index contributed by atoms with van der Waals surface area (Å²) in [5.74, 6) is 1.16. The normalized spacial score (nSPS) is 11.2. The Hall–Kier alpha value is -2.64. The van der Waals surface area contributed by atoms with Crippen LogP contribution in [0.5, 0.6) is 11.5 Å². The second-order valence-corrected chi connectivity index (χ2v) is 6.25. The molecule has 0 radical (unpaired) electrons. The van der Waals surface area contributed by atoms with Crippen molar-refractivity contribution in [3.63, 3.8) is 0 Å². The monoisotopic (exact) mass is 388 g/mol. The summed E-state index contributed by atoms with van der Waals surface area (Å²) in [5, 5.41) is 21.9. The molecule has 134 valence electrons. The summed E-state index contributed by atoms with van der Waals surface area (Å²) in [6.07, 6.45) is 2.40. The molecule has 0 fully saturated rings. The van der Waals surface area contributed by atoms with E-state index in [0.717, 1.165) is 6.42 Å². The number of H-pyrrole nitrogens is 1. The van der Waals surface area contributed by atoms with Crippen LogP contribution in [-0.2, 0) is 0 Å². The van der Waals surface area contributed by atoms with Crippen LogP contribution in [0.15, 0.2) is 47.6 Å². The topological polar surface area (TPSA) is 75.4 Å². The number of nitrogens with one attached hydrogen (secondary N) is 1. The smallest absolute Gasteiger partial charge is 0.216 e. The zero-order chi connectivity index (χ0) is 18.5. The number of nitrogens with zero attached hydrogens (tertiary/aromatic N) is 3. The van der Waals surface area contributed by atoms with Crippen LogP contribution in [0.4, 0.5) is 0 Å². The summed E-state index contributed by atoms with van der Waals surface area (Å²) < 4.78 is 7.27. The average molecular weight is 389 g/mol. The molecule has 0 bridgehead atoms. The van der Waals surface area contributed by atoms with E-state index >= 15 is 0 Å². The molecule has 0 amide bonds. The highest BCUT2D eigenvalue weighted by Crippen LogP contribution is 2.26. The highest BCUT2D eigenvalue weighted by atomic mass is 35.5. The third-order valence-electron chi connectivity index (χ3n) is 3.55. The molecule has 1 heterocycles. The van der Waals surface area contributed by atoms with Crippen LogP contribution in [0.3, 0.4) is 0 Å². The van der Waals surface area contributed by atoms with Crippen LogP contribution in [0.25, 0.3) is 11.4 Å². The van der Waals surface area contributed by atoms with Crippen molar-refractivity contribution >= 4 is 30.0 Å². The lowest BCUT2D eigenvalue weighted by Gasteiger charge is -2.06. The molecule has 3 aromatic rings. The number of aromatic hydroxyl groups is 1. The van der Waals surface area contributed by atoms with Gasteiger partial charge in [-0.25, -0.2) is 5.10 Å². The molecule has 0 saturated carbocycles. The Balaban J connectivity index is 1.92. The number of hydrogen-bond donors (Lipinski definition) is 2. The Morgan fingerprint density at radius 1 is 1.35 bits per heavy atom. The molecule has 1 aromatic heterocycles. The molecule has 6 nitrogen and oxygen atoms in total. The number of aromatic nitrogens is 3. The van der Waals surface area contributed by atoms with Gasteiger partial charge in [0, 0.05) is 17.2 Å². The Morgan fingerprint density at radius 2 is 2.15 bits per heavy atom. The van der Waals surface area contributed by atoms with Crippen molar-refractivity contribution in [1.29, 1.82) is 0 Å². The Kier molecular flexibility index (Phi) is 5.70. The van der Waals surface area contributed by atoms with Crippen molar-refractivity contribution in [3.05, 3.63) is 57.8 Å². The third kappa shape index (κ3) is 3.95. The fourth-order valence-electron chi connectivity index (χ4n) is 2.28. The fourth-order valence-corrected chi connectivity index (χ4v) is 2.68. The van der Waals surface area contributed by atoms with Gasteiger partial charge in [-0.15, -0.1) is 0 Å². The standard InChI is InChI=1S/C18H17ClN4O2S/c1-2-9-25-13-8-7-12(16(24)10-13)11-20-23-17(21-22-18(23)26)14-5-3-4-6-15(14)19/h3-8,10-11,24H,2,9H2,1H3,(H,22,26)/b20-11+. The third-order valence-corrected chi connectivity index (χ3v) is 4.15. The summed E-state index contributed by atoms with van der Waals surface area (Å²) >= 11 is 11.5. The van der Waals surface area contributed by atoms with Gasteiger partial charge < -0.3 is 9.84 Å². The second-order valence-electron chi connectivity index (χ2n) is 5.46. The number of halogens is 1. The Bertz CT molecular complexity index is 997. The van der Waals surface area contributed by atoms with Crippen LogP contribution < -0.4 is 4.74 Å². The van der Waals surface area contributed by atoms with E-state index in [1.54, 1.807) is 24.3 Å². The molecule has 0 spiro atoms. The van der Waals surface area contributed by atoms with E-state index in [1.165, 1.54) is 10.9 Å². The van der Waals surface area contributed by atoms with Gasteiger partial charge in [0.2, 0.25) is 4.77 Å². The minimum absolute atomic E-state index is 0.0664. The number of hydrogen-bond acceptors (Lipinski definition) is 5. The number of benzene rings is 2. The van der Waals surface area contributed by atoms with E-state index < -0.39 is 0 Å². The van der Waals surface area contributed by atoms with Crippen LogP contribution >= 0.6 is 23.8 Å². The first-order valence-electron chi connectivity index (χ1n) is 8.02. The minimum atomic E-state index is 0.0664. The summed E-state index contributed by atoms with van der Waals surface area (Å²) in [5.41, 5.74) is 1.23. The van der Waals surface area contributed by atoms with E-state index in [0.29, 0.717) is 39.1 Å². The number of ether oxygens (including phenoxy) is 1. The highest BCUT2D eigenvalue weighted by molar-refractivity contribution is 7.71. The molecule has 0 unspecified atom stereocenters. The summed E-state index contributed by atoms with van der Waals surface area (Å²) in [6.45, 7) is 2.62. The fraction of sp³-hybridized carbons (Fsp3) is 0.167. The predicted molar refractivity (Wildman–Crippen MR) is 105 cm³/mol. The van der Waals surface area contributed by atoms with E-state index in [4.69, 9.17) is 28.6 Å². The van der Waals surface area contributed by atoms with Crippen LogP contribution in [-0.4, -0.2) is 32.8 Å². The minimum Gasteiger partial charge on any atom is -0.507 e. The van der Waals surface area contributed by atoms with Crippen molar-refractivity contribution < 1.29 is 9.84 Å². The SMILES string of the molecule is CCCOc1ccc(/C=N/n2c(-c3ccccc3Cl)n[nH]c2=S)c(O)c1. The molecule has 8 heteroatoms. The zero-order valence-electron chi connectivity index (χ0n) is 14.0.